The summed E-state index contributed by atoms with van der Waals surface area (Å²) >= 11 is 0. The second-order valence-electron chi connectivity index (χ2n) is 16.9. The monoisotopic (exact) mass is 854 g/mol. The van der Waals surface area contributed by atoms with Gasteiger partial charge in [0.05, 0.1) is 5.41 Å². The SMILES string of the molecule is O=C1c2ccccc2C(=O)c2c(CC(c3cccc4c3C(=O)c3ccccc3C4=O)(c3cccc4c3C(=O)c3ccccc3C4=O)c3cccc4c3C(=O)c3ccccc3C4=O)cccc21. The molecule has 0 spiro atoms. The zero-order valence-corrected chi connectivity index (χ0v) is 34.6. The maximum atomic E-state index is 15.3. The molecule has 0 amide bonds. The van der Waals surface area contributed by atoms with Gasteiger partial charge < -0.3 is 0 Å². The summed E-state index contributed by atoms with van der Waals surface area (Å²) in [6.45, 7) is 0. The maximum Gasteiger partial charge on any atom is 0.194 e. The first-order chi connectivity index (χ1) is 32.1. The number of carbonyl (C=O) groups is 8. The van der Waals surface area contributed by atoms with Crippen LogP contribution in [0.5, 0.6) is 0 Å². The van der Waals surface area contributed by atoms with Crippen LogP contribution in [0.15, 0.2) is 170 Å². The van der Waals surface area contributed by atoms with Gasteiger partial charge in [0, 0.05) is 89.0 Å². The van der Waals surface area contributed by atoms with Crippen molar-refractivity contribution in [3.63, 3.8) is 0 Å². The third-order valence-corrected chi connectivity index (χ3v) is 13.7. The Hall–Kier alpha value is -8.88. The third-order valence-electron chi connectivity index (χ3n) is 13.7. The standard InChI is InChI=1S/C58H30O8/c59-50-31-14-1-5-18-35(31)54(63)46-30(13-9-22-39(46)50)29-58(43-26-10-23-40-47(43)55(64)36-19-6-2-15-32(36)51(40)60,44-27-11-24-41-48(44)56(65)37-20-7-3-16-33(37)52(41)61)45-28-12-25-42-49(45)57(66)38-21-8-4-17-34(38)53(42)62/h1-28H,29H2. The molecule has 4 aliphatic rings. The van der Waals surface area contributed by atoms with Gasteiger partial charge in [0.25, 0.3) is 0 Å². The second-order valence-corrected chi connectivity index (χ2v) is 16.9. The molecule has 0 bridgehead atoms. The first kappa shape index (κ1) is 38.8. The molecule has 0 saturated carbocycles. The molecule has 66 heavy (non-hydrogen) atoms. The molecule has 0 fully saturated rings. The average Bonchev–Trinajstić information content (AvgIpc) is 3.36. The topological polar surface area (TPSA) is 137 Å². The number of carbonyl (C=O) groups excluding carboxylic acids is 8. The minimum absolute atomic E-state index is 0.0149. The molecule has 8 nitrogen and oxygen atoms in total. The lowest BCUT2D eigenvalue weighted by Crippen LogP contribution is -2.41. The van der Waals surface area contributed by atoms with Crippen molar-refractivity contribution in [1.29, 1.82) is 0 Å². The van der Waals surface area contributed by atoms with Crippen molar-refractivity contribution in [2.45, 2.75) is 11.8 Å². The van der Waals surface area contributed by atoms with Gasteiger partial charge in [-0.05, 0) is 28.7 Å². The molecule has 0 N–H and O–H groups in total. The number of fused-ring (bicyclic) bond motifs is 8. The average molecular weight is 855 g/mol. The predicted octanol–water partition coefficient (Wildman–Crippen LogP) is 9.37. The van der Waals surface area contributed by atoms with E-state index in [1.807, 2.05) is 0 Å². The smallest absolute Gasteiger partial charge is 0.194 e. The summed E-state index contributed by atoms with van der Waals surface area (Å²) in [5.74, 6) is -3.65. The Morgan fingerprint density at radius 2 is 0.455 bits per heavy atom. The molecule has 8 aromatic carbocycles. The van der Waals surface area contributed by atoms with Crippen LogP contribution in [0.1, 0.15) is 150 Å². The van der Waals surface area contributed by atoms with Gasteiger partial charge in [0.15, 0.2) is 46.3 Å². The lowest BCUT2D eigenvalue weighted by molar-refractivity contribution is 0.0973. The highest BCUT2D eigenvalue weighted by Crippen LogP contribution is 2.52. The van der Waals surface area contributed by atoms with Crippen LogP contribution < -0.4 is 0 Å². The van der Waals surface area contributed by atoms with Crippen LogP contribution in [0.25, 0.3) is 0 Å². The number of hydrogen-bond donors (Lipinski definition) is 0. The number of rotatable bonds is 5. The molecule has 0 unspecified atom stereocenters. The van der Waals surface area contributed by atoms with Crippen LogP contribution in [0.3, 0.4) is 0 Å². The van der Waals surface area contributed by atoms with E-state index in [0.717, 1.165) is 0 Å². The number of hydrogen-bond acceptors (Lipinski definition) is 8. The van der Waals surface area contributed by atoms with Gasteiger partial charge in [-0.25, -0.2) is 0 Å². The van der Waals surface area contributed by atoms with Gasteiger partial charge in [-0.2, -0.15) is 0 Å². The van der Waals surface area contributed by atoms with Crippen molar-refractivity contribution in [3.05, 3.63) is 281 Å². The molecule has 0 atom stereocenters. The van der Waals surface area contributed by atoms with E-state index >= 15 is 14.4 Å². The summed E-state index contributed by atoms with van der Waals surface area (Å²) in [5, 5.41) is 0. The van der Waals surface area contributed by atoms with E-state index in [4.69, 9.17) is 0 Å². The quantitative estimate of drug-likeness (QED) is 0.156. The fourth-order valence-corrected chi connectivity index (χ4v) is 10.9. The van der Waals surface area contributed by atoms with Gasteiger partial charge >= 0.3 is 0 Å². The first-order valence-corrected chi connectivity index (χ1v) is 21.4. The molecule has 0 saturated heterocycles. The molecule has 8 aromatic rings. The molecular weight excluding hydrogens is 825 g/mol. The van der Waals surface area contributed by atoms with E-state index < -0.39 is 45.9 Å². The fraction of sp³-hybridized carbons (Fsp3) is 0.0345. The molecule has 0 radical (unpaired) electrons. The van der Waals surface area contributed by atoms with Crippen molar-refractivity contribution in [2.75, 3.05) is 0 Å². The third kappa shape index (κ3) is 5.09. The van der Waals surface area contributed by atoms with Gasteiger partial charge in [-0.1, -0.05) is 170 Å². The lowest BCUT2D eigenvalue weighted by Gasteiger charge is -2.42. The Morgan fingerprint density at radius 1 is 0.227 bits per heavy atom. The van der Waals surface area contributed by atoms with Crippen molar-refractivity contribution in [2.24, 2.45) is 0 Å². The molecule has 310 valence electrons. The van der Waals surface area contributed by atoms with Crippen LogP contribution in [-0.2, 0) is 11.8 Å². The lowest BCUT2D eigenvalue weighted by atomic mass is 9.58. The highest BCUT2D eigenvalue weighted by Gasteiger charge is 2.50. The van der Waals surface area contributed by atoms with E-state index in [2.05, 4.69) is 0 Å². The molecule has 4 aliphatic carbocycles. The van der Waals surface area contributed by atoms with Crippen LogP contribution in [-0.4, -0.2) is 46.3 Å². The summed E-state index contributed by atoms with van der Waals surface area (Å²) in [5.41, 5.74) is 0.668. The van der Waals surface area contributed by atoms with Crippen molar-refractivity contribution >= 4 is 46.3 Å². The minimum Gasteiger partial charge on any atom is -0.289 e. The van der Waals surface area contributed by atoms with Crippen LogP contribution in [0, 0.1) is 0 Å². The van der Waals surface area contributed by atoms with E-state index in [-0.39, 0.29) is 118 Å². The van der Waals surface area contributed by atoms with E-state index in [1.165, 1.54) is 0 Å². The minimum atomic E-state index is -1.95. The van der Waals surface area contributed by atoms with Crippen LogP contribution >= 0.6 is 0 Å². The first-order valence-electron chi connectivity index (χ1n) is 21.4. The normalized spacial score (nSPS) is 14.4. The van der Waals surface area contributed by atoms with Gasteiger partial charge in [-0.3, -0.25) is 38.4 Å². The molecule has 8 heteroatoms. The summed E-state index contributed by atoms with van der Waals surface area (Å²) in [4.78, 5) is 119. The Balaban J connectivity index is 1.27. The van der Waals surface area contributed by atoms with Crippen LogP contribution in [0.4, 0.5) is 0 Å². The largest absolute Gasteiger partial charge is 0.289 e. The molecule has 0 aliphatic heterocycles. The Kier molecular flexibility index (Phi) is 8.26. The summed E-state index contributed by atoms with van der Waals surface area (Å²) in [6.07, 6.45) is -0.309. The van der Waals surface area contributed by atoms with Gasteiger partial charge in [-0.15, -0.1) is 0 Å². The predicted molar refractivity (Wildman–Crippen MR) is 243 cm³/mol. The molecule has 12 rings (SSSR count). The zero-order chi connectivity index (χ0) is 45.2. The van der Waals surface area contributed by atoms with Gasteiger partial charge in [0.2, 0.25) is 0 Å². The Bertz CT molecular complexity index is 3390. The summed E-state index contributed by atoms with van der Waals surface area (Å²) < 4.78 is 0. The second kappa shape index (κ2) is 14.1. The van der Waals surface area contributed by atoms with E-state index in [9.17, 15) is 24.0 Å². The fourth-order valence-electron chi connectivity index (χ4n) is 10.9. The zero-order valence-electron chi connectivity index (χ0n) is 34.6. The number of ketones is 8. The highest BCUT2D eigenvalue weighted by atomic mass is 16.2. The molecule has 0 aromatic heterocycles. The Morgan fingerprint density at radius 3 is 0.758 bits per heavy atom. The summed E-state index contributed by atoms with van der Waals surface area (Å²) in [7, 11) is 0. The van der Waals surface area contributed by atoms with E-state index in [1.54, 1.807) is 170 Å². The summed E-state index contributed by atoms with van der Waals surface area (Å²) in [6, 6.07) is 45.5. The highest BCUT2D eigenvalue weighted by molar-refractivity contribution is 6.32. The van der Waals surface area contributed by atoms with Crippen molar-refractivity contribution < 1.29 is 38.4 Å². The van der Waals surface area contributed by atoms with Crippen molar-refractivity contribution in [1.82, 2.24) is 0 Å². The maximum absolute atomic E-state index is 15.3. The number of benzene rings is 8. The van der Waals surface area contributed by atoms with Gasteiger partial charge in [0.1, 0.15) is 0 Å². The van der Waals surface area contributed by atoms with E-state index in [0.29, 0.717) is 5.56 Å². The van der Waals surface area contributed by atoms with Crippen LogP contribution in [0.2, 0.25) is 0 Å². The Labute approximate surface area is 376 Å². The van der Waals surface area contributed by atoms with Crippen molar-refractivity contribution in [3.8, 4) is 0 Å². The molecular formula is C58H30O8. The molecule has 0 heterocycles.